The molecule has 0 unspecified atom stereocenters. The standard InChI is InChI=1S/C97H62B2F5N5S/c100-67-55-56-85(82(101)57-67)109-87-59-72(105(68-39-17-5-18-40-68)69-41-19-6-20-42-69)58-86-91(87)98(78-51-25-27-53-83(78)107(86)71-45-23-8-24-46-71)80-62-81-96(90(95(80)109)97(102,103)104)110-89-61-73(106(70-43-21-7-22-44-70)93-74(63-31-9-1-10-32-63)47-29-48-75(93)64-33-11-2-12-34-64)60-88-92(89)99(81)79-52-26-28-54-84(79)108(88)94-76(65-35-13-3-14-36-65)49-30-50-77(94)66-37-15-4-16-38-66/h1-62H. The fourth-order valence-corrected chi connectivity index (χ4v) is 18.7. The molecule has 4 aliphatic rings. The van der Waals surface area contributed by atoms with E-state index < -0.39 is 36.8 Å². The van der Waals surface area contributed by atoms with Gasteiger partial charge in [0.05, 0.1) is 34.0 Å². The molecule has 4 aliphatic heterocycles. The third kappa shape index (κ3) is 10.9. The minimum absolute atomic E-state index is 0.0340. The summed E-state index contributed by atoms with van der Waals surface area (Å²) in [7, 11) is 0. The smallest absolute Gasteiger partial charge is 0.311 e. The predicted octanol–water partition coefficient (Wildman–Crippen LogP) is 23.4. The van der Waals surface area contributed by atoms with Gasteiger partial charge < -0.3 is 24.5 Å². The molecule has 4 heterocycles. The second kappa shape index (κ2) is 26.8. The molecule has 5 nitrogen and oxygen atoms in total. The molecule has 0 fully saturated rings. The van der Waals surface area contributed by atoms with E-state index in [1.54, 1.807) is 0 Å². The van der Waals surface area contributed by atoms with Crippen LogP contribution in [0.25, 0.3) is 44.5 Å². The molecular formula is C97H62B2F5N5S. The molecule has 20 rings (SSSR count). The van der Waals surface area contributed by atoms with E-state index in [-0.39, 0.29) is 16.3 Å². The fraction of sp³-hybridized carbons (Fsp3) is 0.0103. The number of anilines is 15. The van der Waals surface area contributed by atoms with Crippen molar-refractivity contribution in [3.63, 3.8) is 0 Å². The van der Waals surface area contributed by atoms with E-state index in [1.165, 1.54) is 11.0 Å². The maximum absolute atomic E-state index is 18.7. The van der Waals surface area contributed by atoms with Gasteiger partial charge in [-0.1, -0.05) is 290 Å². The van der Waals surface area contributed by atoms with Crippen LogP contribution in [0.2, 0.25) is 0 Å². The predicted molar refractivity (Wildman–Crippen MR) is 446 cm³/mol. The summed E-state index contributed by atoms with van der Waals surface area (Å²) >= 11 is 1.10. The molecular weight excluding hydrogens is 1380 g/mol. The lowest BCUT2D eigenvalue weighted by molar-refractivity contribution is -0.139. The topological polar surface area (TPSA) is 16.2 Å². The van der Waals surface area contributed by atoms with Crippen molar-refractivity contribution in [1.82, 2.24) is 0 Å². The maximum Gasteiger partial charge on any atom is 0.419 e. The van der Waals surface area contributed by atoms with Gasteiger partial charge in [-0.25, -0.2) is 8.78 Å². The second-order valence-corrected chi connectivity index (χ2v) is 29.0. The first kappa shape index (κ1) is 66.1. The van der Waals surface area contributed by atoms with E-state index in [1.807, 2.05) is 206 Å². The number of hydrogen-bond acceptors (Lipinski definition) is 6. The summed E-state index contributed by atoms with van der Waals surface area (Å²) in [5.74, 6) is -1.91. The van der Waals surface area contributed by atoms with Crippen LogP contribution in [0, 0.1) is 11.6 Å². The van der Waals surface area contributed by atoms with Crippen LogP contribution in [0.5, 0.6) is 0 Å². The van der Waals surface area contributed by atoms with Crippen LogP contribution < -0.4 is 57.3 Å². The van der Waals surface area contributed by atoms with Crippen LogP contribution >= 0.6 is 11.8 Å². The van der Waals surface area contributed by atoms with Gasteiger partial charge >= 0.3 is 6.18 Å². The van der Waals surface area contributed by atoms with Crippen molar-refractivity contribution in [2.45, 2.75) is 16.0 Å². The Bertz CT molecular complexity index is 6090. The Morgan fingerprint density at radius 1 is 0.291 bits per heavy atom. The largest absolute Gasteiger partial charge is 0.419 e. The van der Waals surface area contributed by atoms with Gasteiger partial charge in [-0.3, -0.25) is 0 Å². The van der Waals surface area contributed by atoms with Gasteiger partial charge in [-0.05, 0) is 147 Å². The number of hydrogen-bond donors (Lipinski definition) is 0. The summed E-state index contributed by atoms with van der Waals surface area (Å²) in [6.45, 7) is -1.75. The minimum Gasteiger partial charge on any atom is -0.311 e. The Morgan fingerprint density at radius 2 is 0.691 bits per heavy atom. The number of para-hydroxylation sites is 8. The number of halogens is 5. The molecule has 0 aromatic heterocycles. The zero-order valence-corrected chi connectivity index (χ0v) is 59.8. The number of alkyl halides is 3. The highest BCUT2D eigenvalue weighted by Crippen LogP contribution is 2.58. The first-order chi connectivity index (χ1) is 54.1. The van der Waals surface area contributed by atoms with Gasteiger partial charge in [-0.2, -0.15) is 13.2 Å². The average molecular weight is 1450 g/mol. The van der Waals surface area contributed by atoms with Gasteiger partial charge in [-0.15, -0.1) is 0 Å². The van der Waals surface area contributed by atoms with E-state index in [9.17, 15) is 0 Å². The highest BCUT2D eigenvalue weighted by Gasteiger charge is 2.53. The number of nitrogens with zero attached hydrogens (tertiary/aromatic N) is 5. The number of fused-ring (bicyclic) bond motifs is 8. The molecule has 110 heavy (non-hydrogen) atoms. The van der Waals surface area contributed by atoms with Crippen molar-refractivity contribution in [2.75, 3.05) is 24.5 Å². The van der Waals surface area contributed by atoms with Crippen LogP contribution in [0.3, 0.4) is 0 Å². The van der Waals surface area contributed by atoms with Crippen LogP contribution in [-0.2, 0) is 6.18 Å². The lowest BCUT2D eigenvalue weighted by Gasteiger charge is -2.47. The van der Waals surface area contributed by atoms with Crippen molar-refractivity contribution in [2.24, 2.45) is 0 Å². The molecule has 0 aliphatic carbocycles. The lowest BCUT2D eigenvalue weighted by atomic mass is 9.30. The summed E-state index contributed by atoms with van der Waals surface area (Å²) < 4.78 is 90.1. The van der Waals surface area contributed by atoms with Gasteiger partial charge in [0.2, 0.25) is 6.71 Å². The first-order valence-corrected chi connectivity index (χ1v) is 37.6. The maximum atomic E-state index is 18.7. The van der Waals surface area contributed by atoms with Gasteiger partial charge in [0.25, 0.3) is 6.71 Å². The highest BCUT2D eigenvalue weighted by molar-refractivity contribution is 8.00. The minimum atomic E-state index is -5.15. The lowest BCUT2D eigenvalue weighted by Crippen LogP contribution is -2.65. The van der Waals surface area contributed by atoms with Crippen molar-refractivity contribution in [3.05, 3.63) is 393 Å². The van der Waals surface area contributed by atoms with E-state index in [0.717, 1.165) is 136 Å². The third-order valence-corrected chi connectivity index (χ3v) is 22.9. The summed E-state index contributed by atoms with van der Waals surface area (Å²) in [6, 6.07) is 124. The van der Waals surface area contributed by atoms with Crippen molar-refractivity contribution >= 4 is 143 Å². The van der Waals surface area contributed by atoms with Crippen LogP contribution in [0.1, 0.15) is 5.56 Å². The quantitative estimate of drug-likeness (QED) is 0.0839. The Balaban J connectivity index is 0.929. The molecule has 0 N–H and O–H groups in total. The monoisotopic (exact) mass is 1450 g/mol. The van der Waals surface area contributed by atoms with Gasteiger partial charge in [0.15, 0.2) is 0 Å². The zero-order chi connectivity index (χ0) is 73.7. The Morgan fingerprint density at radius 3 is 1.19 bits per heavy atom. The highest BCUT2D eigenvalue weighted by atomic mass is 32.2. The average Bonchev–Trinajstić information content (AvgIpc) is 0.683. The van der Waals surface area contributed by atoms with Crippen LogP contribution in [0.15, 0.2) is 386 Å². The zero-order valence-electron chi connectivity index (χ0n) is 59.0. The summed E-state index contributed by atoms with van der Waals surface area (Å²) in [5, 5.41) is 0. The SMILES string of the molecule is Fc1ccc(N2c3cc(N(c4ccccc4)c4ccccc4)cc4c3B(c3ccccc3N4c3ccccc3)c3cc4c(c(C(F)(F)F)c32)Sc2cc(N(c3ccccc3)c3c(-c5ccccc5)cccc3-c3ccccc3)cc3c2B4c2ccccc2N3c2c(-c3ccccc3)cccc2-c2ccccc2)c(F)c1. The summed E-state index contributed by atoms with van der Waals surface area (Å²) in [5.41, 5.74) is 19.3. The molecule has 0 radical (unpaired) electrons. The van der Waals surface area contributed by atoms with Crippen molar-refractivity contribution < 1.29 is 22.0 Å². The molecule has 0 atom stereocenters. The summed E-state index contributed by atoms with van der Waals surface area (Å²) in [6.07, 6.45) is -5.15. The van der Waals surface area contributed by atoms with Crippen molar-refractivity contribution in [3.8, 4) is 44.5 Å². The Hall–Kier alpha value is -13.4. The van der Waals surface area contributed by atoms with E-state index in [2.05, 4.69) is 171 Å². The fourth-order valence-electron chi connectivity index (χ4n) is 17.3. The molecule has 16 aromatic rings. The Kier molecular flexibility index (Phi) is 16.1. The van der Waals surface area contributed by atoms with E-state index in [0.29, 0.717) is 44.0 Å². The van der Waals surface area contributed by atoms with Crippen LogP contribution in [-0.4, -0.2) is 13.4 Å². The Labute approximate surface area is 639 Å². The molecule has 13 heteroatoms. The first-order valence-electron chi connectivity index (χ1n) is 36.7. The molecule has 522 valence electrons. The van der Waals surface area contributed by atoms with Gasteiger partial charge in [0.1, 0.15) is 11.6 Å². The number of rotatable bonds is 13. The second-order valence-electron chi connectivity index (χ2n) is 27.9. The molecule has 0 spiro atoms. The van der Waals surface area contributed by atoms with E-state index >= 15 is 22.0 Å². The molecule has 16 aromatic carbocycles. The number of benzene rings is 16. The molecule has 0 saturated heterocycles. The van der Waals surface area contributed by atoms with Gasteiger partial charge in [0, 0.05) is 95.0 Å². The van der Waals surface area contributed by atoms with E-state index in [4.69, 9.17) is 0 Å². The van der Waals surface area contributed by atoms with Crippen molar-refractivity contribution in [1.29, 1.82) is 0 Å². The molecule has 0 amide bonds. The van der Waals surface area contributed by atoms with Crippen LogP contribution in [0.4, 0.5) is 107 Å². The third-order valence-electron chi connectivity index (χ3n) is 21.7. The molecule has 0 bridgehead atoms. The normalized spacial score (nSPS) is 12.8. The molecule has 0 saturated carbocycles. The summed E-state index contributed by atoms with van der Waals surface area (Å²) in [4.78, 5) is 10.9.